The van der Waals surface area contributed by atoms with Crippen molar-refractivity contribution in [1.29, 1.82) is 0 Å². The topological polar surface area (TPSA) is 82.9 Å². The molecule has 0 radical (unpaired) electrons. The third kappa shape index (κ3) is 5.71. The average Bonchev–Trinajstić information content (AvgIpc) is 3.42. The van der Waals surface area contributed by atoms with E-state index < -0.39 is 11.2 Å². The van der Waals surface area contributed by atoms with Gasteiger partial charge in [-0.2, -0.15) is 0 Å². The Hall–Kier alpha value is -2.51. The fraction of sp³-hybridized carbons (Fsp3) is 0.500. The van der Waals surface area contributed by atoms with Crippen LogP contribution in [0.2, 0.25) is 5.02 Å². The van der Waals surface area contributed by atoms with E-state index >= 15 is 0 Å². The van der Waals surface area contributed by atoms with Gasteiger partial charge in [0, 0.05) is 60.5 Å². The van der Waals surface area contributed by atoms with E-state index in [0.29, 0.717) is 44.0 Å². The van der Waals surface area contributed by atoms with E-state index in [1.165, 1.54) is 0 Å². The second kappa shape index (κ2) is 11.9. The van der Waals surface area contributed by atoms with Gasteiger partial charge in [0.15, 0.2) is 0 Å². The molecule has 0 unspecified atom stereocenters. The molecule has 1 saturated heterocycles. The zero-order valence-corrected chi connectivity index (χ0v) is 23.5. The number of benzene rings is 2. The summed E-state index contributed by atoms with van der Waals surface area (Å²) >= 11 is 6.87. The number of likely N-dealkylation sites (tertiary alicyclic amines) is 1. The predicted molar refractivity (Wildman–Crippen MR) is 155 cm³/mol. The second-order valence-electron chi connectivity index (χ2n) is 11.3. The summed E-state index contributed by atoms with van der Waals surface area (Å²) in [6, 6.07) is 15.7. The normalized spacial score (nSPS) is 20.7. The Balaban J connectivity index is 1.54. The standard InChI is InChI=1S/C32H39ClN2O4/c1-39-19-7-6-17-32(38,25-11-9-18-35(22-25)30(36)31(37)15-4-5-16-31)26-12-8-13-27(33)29(26)24-20-23-10-2-3-14-28(23)34-21-24/h2-3,8,10,12-14,20-21,25,37-38H,4-7,9,11,15-19,22H2,1H3/t25-,32+/m1/s1. The Morgan fingerprint density at radius 1 is 1.15 bits per heavy atom. The van der Waals surface area contributed by atoms with Crippen molar-refractivity contribution in [3.05, 3.63) is 65.3 Å². The molecule has 1 amide bonds. The molecular formula is C32H39ClN2O4. The highest BCUT2D eigenvalue weighted by atomic mass is 35.5. The second-order valence-corrected chi connectivity index (χ2v) is 11.7. The number of carbonyl (C=O) groups excluding carboxylic acids is 1. The lowest BCUT2D eigenvalue weighted by molar-refractivity contribution is -0.155. The van der Waals surface area contributed by atoms with Gasteiger partial charge in [-0.3, -0.25) is 9.78 Å². The van der Waals surface area contributed by atoms with Crippen LogP contribution >= 0.6 is 11.6 Å². The molecule has 6 nitrogen and oxygen atoms in total. The number of unbranched alkanes of at least 4 members (excludes halogenated alkanes) is 1. The molecule has 2 aliphatic rings. The number of halogens is 1. The number of amides is 1. The van der Waals surface area contributed by atoms with E-state index in [2.05, 4.69) is 11.1 Å². The molecule has 1 aromatic heterocycles. The molecule has 1 aliphatic heterocycles. The molecule has 0 bridgehead atoms. The number of pyridine rings is 1. The average molecular weight is 551 g/mol. The van der Waals surface area contributed by atoms with E-state index in [0.717, 1.165) is 66.1 Å². The molecule has 2 atom stereocenters. The first-order valence-electron chi connectivity index (χ1n) is 14.2. The molecule has 0 spiro atoms. The number of hydrogen-bond acceptors (Lipinski definition) is 5. The Labute approximate surface area is 236 Å². The summed E-state index contributed by atoms with van der Waals surface area (Å²) in [5.74, 6) is -0.384. The highest BCUT2D eigenvalue weighted by Crippen LogP contribution is 2.46. The number of carbonyl (C=O) groups is 1. The number of rotatable bonds is 9. The van der Waals surface area contributed by atoms with Crippen LogP contribution in [0, 0.1) is 5.92 Å². The van der Waals surface area contributed by atoms with Crippen LogP contribution in [0.25, 0.3) is 22.0 Å². The quantitative estimate of drug-likeness (QED) is 0.314. The maximum atomic E-state index is 13.4. The number of aromatic nitrogens is 1. The first kappa shape index (κ1) is 28.0. The van der Waals surface area contributed by atoms with Crippen molar-refractivity contribution in [3.8, 4) is 11.1 Å². The molecule has 7 heteroatoms. The van der Waals surface area contributed by atoms with Crippen molar-refractivity contribution in [3.63, 3.8) is 0 Å². The smallest absolute Gasteiger partial charge is 0.254 e. The van der Waals surface area contributed by atoms with Crippen LogP contribution in [0.1, 0.15) is 63.4 Å². The van der Waals surface area contributed by atoms with Crippen LogP contribution in [-0.2, 0) is 15.1 Å². The van der Waals surface area contributed by atoms with Crippen molar-refractivity contribution in [2.75, 3.05) is 26.8 Å². The summed E-state index contributed by atoms with van der Waals surface area (Å²) < 4.78 is 5.29. The van der Waals surface area contributed by atoms with Crippen molar-refractivity contribution >= 4 is 28.4 Å². The van der Waals surface area contributed by atoms with Crippen molar-refractivity contribution in [2.24, 2.45) is 5.92 Å². The number of fused-ring (bicyclic) bond motifs is 1. The molecule has 1 aliphatic carbocycles. The number of nitrogens with zero attached hydrogens (tertiary/aromatic N) is 2. The van der Waals surface area contributed by atoms with E-state index in [-0.39, 0.29) is 11.8 Å². The largest absolute Gasteiger partial charge is 0.385 e. The molecular weight excluding hydrogens is 512 g/mol. The van der Waals surface area contributed by atoms with Crippen LogP contribution in [0.4, 0.5) is 0 Å². The monoisotopic (exact) mass is 550 g/mol. The lowest BCUT2D eigenvalue weighted by atomic mass is 9.72. The minimum absolute atomic E-state index is 0.184. The predicted octanol–water partition coefficient (Wildman–Crippen LogP) is 6.10. The SMILES string of the molecule is COCCCC[C@@](O)(c1cccc(Cl)c1-c1cnc2ccccc2c1)[C@@H]1CCCN(C(=O)C2(O)CCCC2)C1. The maximum Gasteiger partial charge on any atom is 0.254 e. The van der Waals surface area contributed by atoms with Gasteiger partial charge in [-0.1, -0.05) is 41.9 Å². The van der Waals surface area contributed by atoms with E-state index in [9.17, 15) is 15.0 Å². The van der Waals surface area contributed by atoms with Crippen molar-refractivity contribution < 1.29 is 19.7 Å². The third-order valence-corrected chi connectivity index (χ3v) is 9.04. The van der Waals surface area contributed by atoms with Gasteiger partial charge in [0.25, 0.3) is 5.91 Å². The zero-order chi connectivity index (χ0) is 27.5. The molecule has 2 aromatic carbocycles. The Morgan fingerprint density at radius 3 is 2.74 bits per heavy atom. The zero-order valence-electron chi connectivity index (χ0n) is 22.7. The van der Waals surface area contributed by atoms with Crippen molar-refractivity contribution in [2.45, 2.75) is 69.0 Å². The fourth-order valence-corrected chi connectivity index (χ4v) is 6.89. The molecule has 5 rings (SSSR count). The van der Waals surface area contributed by atoms with Crippen LogP contribution < -0.4 is 0 Å². The number of piperidine rings is 1. The first-order chi connectivity index (χ1) is 18.9. The number of para-hydroxylation sites is 1. The highest BCUT2D eigenvalue weighted by molar-refractivity contribution is 6.33. The molecule has 2 N–H and O–H groups in total. The Morgan fingerprint density at radius 2 is 1.95 bits per heavy atom. The van der Waals surface area contributed by atoms with Crippen LogP contribution in [0.15, 0.2) is 54.7 Å². The van der Waals surface area contributed by atoms with Crippen LogP contribution in [0.3, 0.4) is 0 Å². The first-order valence-corrected chi connectivity index (χ1v) is 14.6. The Bertz CT molecular complexity index is 1310. The van der Waals surface area contributed by atoms with Gasteiger partial charge in [0.05, 0.1) is 11.1 Å². The summed E-state index contributed by atoms with van der Waals surface area (Å²) in [5.41, 5.74) is 0.810. The van der Waals surface area contributed by atoms with Crippen LogP contribution in [0.5, 0.6) is 0 Å². The molecule has 2 fully saturated rings. The lowest BCUT2D eigenvalue weighted by Crippen LogP contribution is -2.54. The fourth-order valence-electron chi connectivity index (χ4n) is 6.61. The minimum atomic E-state index is -1.27. The Kier molecular flexibility index (Phi) is 8.57. The van der Waals surface area contributed by atoms with Crippen LogP contribution in [-0.4, -0.2) is 58.4 Å². The van der Waals surface area contributed by atoms with Crippen molar-refractivity contribution in [1.82, 2.24) is 9.88 Å². The van der Waals surface area contributed by atoms with Gasteiger partial charge in [-0.25, -0.2) is 0 Å². The molecule has 208 valence electrons. The highest BCUT2D eigenvalue weighted by Gasteiger charge is 2.47. The van der Waals surface area contributed by atoms with Gasteiger partial charge in [0.1, 0.15) is 5.60 Å². The number of aliphatic hydroxyl groups is 2. The summed E-state index contributed by atoms with van der Waals surface area (Å²) in [6.07, 6.45) is 8.26. The lowest BCUT2D eigenvalue weighted by Gasteiger charge is -2.45. The summed E-state index contributed by atoms with van der Waals surface area (Å²) in [7, 11) is 1.69. The van der Waals surface area contributed by atoms with Gasteiger partial charge >= 0.3 is 0 Å². The van der Waals surface area contributed by atoms with Gasteiger partial charge in [0.2, 0.25) is 0 Å². The summed E-state index contributed by atoms with van der Waals surface area (Å²) in [5, 5.41) is 25.3. The number of methoxy groups -OCH3 is 1. The summed E-state index contributed by atoms with van der Waals surface area (Å²) in [6.45, 7) is 1.63. The van der Waals surface area contributed by atoms with Gasteiger partial charge in [-0.15, -0.1) is 0 Å². The van der Waals surface area contributed by atoms with E-state index in [1.807, 2.05) is 48.7 Å². The van der Waals surface area contributed by atoms with E-state index in [1.54, 1.807) is 12.0 Å². The van der Waals surface area contributed by atoms with E-state index in [4.69, 9.17) is 16.3 Å². The molecule has 1 saturated carbocycles. The maximum absolute atomic E-state index is 13.4. The van der Waals surface area contributed by atoms with Gasteiger partial charge in [-0.05, 0) is 81.5 Å². The van der Waals surface area contributed by atoms with Gasteiger partial charge < -0.3 is 19.8 Å². The molecule has 3 aromatic rings. The number of hydrogen-bond donors (Lipinski definition) is 2. The number of ether oxygens (including phenoxy) is 1. The minimum Gasteiger partial charge on any atom is -0.385 e. The molecule has 39 heavy (non-hydrogen) atoms. The third-order valence-electron chi connectivity index (χ3n) is 8.73. The molecule has 2 heterocycles. The summed E-state index contributed by atoms with van der Waals surface area (Å²) in [4.78, 5) is 19.9.